The summed E-state index contributed by atoms with van der Waals surface area (Å²) in [7, 11) is 4.19. The Hall–Kier alpha value is -1.43. The van der Waals surface area contributed by atoms with Gasteiger partial charge in [0.25, 0.3) is 5.91 Å². The molecule has 110 valence electrons. The van der Waals surface area contributed by atoms with Crippen LogP contribution in [0.2, 0.25) is 0 Å². The Labute approximate surface area is 119 Å². The number of H-pyrrole nitrogens is 1. The van der Waals surface area contributed by atoms with Gasteiger partial charge in [-0.1, -0.05) is 12.8 Å². The Morgan fingerprint density at radius 1 is 1.40 bits per heavy atom. The molecule has 20 heavy (non-hydrogen) atoms. The number of amides is 1. The molecule has 0 aliphatic heterocycles. The van der Waals surface area contributed by atoms with E-state index in [1.165, 1.54) is 12.8 Å². The van der Waals surface area contributed by atoms with Gasteiger partial charge in [0.1, 0.15) is 5.82 Å². The van der Waals surface area contributed by atoms with E-state index < -0.39 is 0 Å². The fraction of sp³-hybridized carbons (Fsp3) is 0.786. The van der Waals surface area contributed by atoms with Crippen molar-refractivity contribution in [1.29, 1.82) is 0 Å². The van der Waals surface area contributed by atoms with Gasteiger partial charge < -0.3 is 10.2 Å². The molecule has 2 aliphatic rings. The highest BCUT2D eigenvalue weighted by Gasteiger charge is 2.36. The predicted octanol–water partition coefficient (Wildman–Crippen LogP) is 1.29. The number of hydrogen-bond acceptors (Lipinski definition) is 4. The molecule has 0 bridgehead atoms. The van der Waals surface area contributed by atoms with Gasteiger partial charge in [-0.05, 0) is 39.8 Å². The summed E-state index contributed by atoms with van der Waals surface area (Å²) in [6.07, 6.45) is 7.06. The molecular weight excluding hydrogens is 254 g/mol. The molecule has 0 atom stereocenters. The molecule has 1 amide bonds. The highest BCUT2D eigenvalue weighted by Crippen LogP contribution is 2.37. The molecule has 1 aromatic heterocycles. The Morgan fingerprint density at radius 3 is 2.70 bits per heavy atom. The second-order valence-electron chi connectivity index (χ2n) is 6.33. The first-order valence-electron chi connectivity index (χ1n) is 7.49. The third-order valence-electron chi connectivity index (χ3n) is 4.73. The Bertz CT molecular complexity index is 486. The summed E-state index contributed by atoms with van der Waals surface area (Å²) in [5.41, 5.74) is 0.102. The number of nitrogens with zero attached hydrogens (tertiary/aromatic N) is 3. The van der Waals surface area contributed by atoms with Crippen LogP contribution in [0.3, 0.4) is 0 Å². The van der Waals surface area contributed by atoms with E-state index in [-0.39, 0.29) is 17.3 Å². The molecule has 2 saturated carbocycles. The molecule has 0 saturated heterocycles. The number of likely N-dealkylation sites (N-methyl/N-ethyl adjacent to an activating group) is 1. The second-order valence-corrected chi connectivity index (χ2v) is 6.33. The van der Waals surface area contributed by atoms with Gasteiger partial charge in [-0.2, -0.15) is 0 Å². The van der Waals surface area contributed by atoms with Crippen LogP contribution < -0.4 is 5.32 Å². The van der Waals surface area contributed by atoms with Crippen LogP contribution in [0, 0.1) is 0 Å². The lowest BCUT2D eigenvalue weighted by Gasteiger charge is -2.36. The second kappa shape index (κ2) is 5.16. The first-order valence-corrected chi connectivity index (χ1v) is 7.49. The Balaban J connectivity index is 1.60. The maximum atomic E-state index is 12.1. The predicted molar refractivity (Wildman–Crippen MR) is 75.6 cm³/mol. The standard InChI is InChI=1S/C14H23N5O/c1-19(2)14(7-3-4-8-14)9-15-13(20)12-16-11(17-18-12)10-5-6-10/h10H,3-9H2,1-2H3,(H,15,20)(H,16,17,18). The molecule has 2 aliphatic carbocycles. The van der Waals surface area contributed by atoms with Crippen molar-refractivity contribution in [3.63, 3.8) is 0 Å². The summed E-state index contributed by atoms with van der Waals surface area (Å²) >= 11 is 0. The van der Waals surface area contributed by atoms with E-state index in [0.29, 0.717) is 12.5 Å². The van der Waals surface area contributed by atoms with Crippen molar-refractivity contribution in [3.05, 3.63) is 11.6 Å². The zero-order valence-corrected chi connectivity index (χ0v) is 12.3. The zero-order valence-electron chi connectivity index (χ0n) is 12.3. The van der Waals surface area contributed by atoms with E-state index in [1.807, 2.05) is 0 Å². The molecule has 0 unspecified atom stereocenters. The summed E-state index contributed by atoms with van der Waals surface area (Å²) < 4.78 is 0. The minimum Gasteiger partial charge on any atom is -0.347 e. The van der Waals surface area contributed by atoms with E-state index in [1.54, 1.807) is 0 Å². The van der Waals surface area contributed by atoms with Gasteiger partial charge >= 0.3 is 0 Å². The minimum absolute atomic E-state index is 0.102. The Kier molecular flexibility index (Phi) is 3.50. The normalized spacial score (nSPS) is 21.4. The van der Waals surface area contributed by atoms with Gasteiger partial charge in [-0.25, -0.2) is 4.98 Å². The van der Waals surface area contributed by atoms with Crippen molar-refractivity contribution in [2.75, 3.05) is 20.6 Å². The SMILES string of the molecule is CN(C)C1(CNC(=O)c2n[nH]c(C3CC3)n2)CCCC1. The molecular formula is C14H23N5O. The molecule has 0 radical (unpaired) electrons. The molecule has 1 heterocycles. The maximum absolute atomic E-state index is 12.1. The van der Waals surface area contributed by atoms with Gasteiger partial charge in [-0.15, -0.1) is 5.10 Å². The van der Waals surface area contributed by atoms with Crippen molar-refractivity contribution < 1.29 is 4.79 Å². The fourth-order valence-corrected chi connectivity index (χ4v) is 3.05. The summed E-state index contributed by atoms with van der Waals surface area (Å²) in [5.74, 6) is 1.46. The molecule has 3 rings (SSSR count). The topological polar surface area (TPSA) is 73.9 Å². The van der Waals surface area contributed by atoms with Crippen LogP contribution in [0.4, 0.5) is 0 Å². The van der Waals surface area contributed by atoms with Crippen LogP contribution in [0.5, 0.6) is 0 Å². The van der Waals surface area contributed by atoms with E-state index >= 15 is 0 Å². The first kappa shape index (κ1) is 13.5. The van der Waals surface area contributed by atoms with E-state index in [2.05, 4.69) is 39.5 Å². The number of rotatable bonds is 5. The van der Waals surface area contributed by atoms with Crippen molar-refractivity contribution in [1.82, 2.24) is 25.4 Å². The molecule has 0 spiro atoms. The minimum atomic E-state index is -0.165. The third kappa shape index (κ3) is 2.57. The van der Waals surface area contributed by atoms with Crippen LogP contribution in [0.1, 0.15) is 60.9 Å². The van der Waals surface area contributed by atoms with Gasteiger partial charge in [-0.3, -0.25) is 9.89 Å². The highest BCUT2D eigenvalue weighted by molar-refractivity contribution is 5.90. The molecule has 1 aromatic rings. The van der Waals surface area contributed by atoms with Crippen molar-refractivity contribution >= 4 is 5.91 Å². The van der Waals surface area contributed by atoms with E-state index in [4.69, 9.17) is 0 Å². The van der Waals surface area contributed by atoms with E-state index in [0.717, 1.165) is 31.5 Å². The van der Waals surface area contributed by atoms with Crippen LogP contribution in [0.25, 0.3) is 0 Å². The lowest BCUT2D eigenvalue weighted by molar-refractivity contribution is 0.0890. The van der Waals surface area contributed by atoms with Crippen LogP contribution in [0.15, 0.2) is 0 Å². The van der Waals surface area contributed by atoms with Crippen LogP contribution in [-0.4, -0.2) is 52.2 Å². The van der Waals surface area contributed by atoms with Crippen LogP contribution >= 0.6 is 0 Å². The van der Waals surface area contributed by atoms with Crippen molar-refractivity contribution in [3.8, 4) is 0 Å². The highest BCUT2D eigenvalue weighted by atomic mass is 16.2. The quantitative estimate of drug-likeness (QED) is 0.850. The number of nitrogens with one attached hydrogen (secondary N) is 2. The van der Waals surface area contributed by atoms with Gasteiger partial charge in [0.15, 0.2) is 0 Å². The lowest BCUT2D eigenvalue weighted by atomic mass is 9.96. The monoisotopic (exact) mass is 277 g/mol. The molecule has 2 fully saturated rings. The summed E-state index contributed by atoms with van der Waals surface area (Å²) in [5, 5.41) is 9.92. The van der Waals surface area contributed by atoms with Crippen molar-refractivity contribution in [2.24, 2.45) is 0 Å². The molecule has 2 N–H and O–H groups in total. The Morgan fingerprint density at radius 2 is 2.10 bits per heavy atom. The summed E-state index contributed by atoms with van der Waals surface area (Å²) in [6.45, 7) is 0.673. The third-order valence-corrected chi connectivity index (χ3v) is 4.73. The number of carbonyl (C=O) groups excluding carboxylic acids is 1. The van der Waals surface area contributed by atoms with Crippen molar-refractivity contribution in [2.45, 2.75) is 50.0 Å². The largest absolute Gasteiger partial charge is 0.347 e. The molecule has 6 heteroatoms. The fourth-order valence-electron chi connectivity index (χ4n) is 3.05. The number of hydrogen-bond donors (Lipinski definition) is 2. The molecule has 6 nitrogen and oxygen atoms in total. The number of carbonyl (C=O) groups is 1. The van der Waals surface area contributed by atoms with Crippen LogP contribution in [-0.2, 0) is 0 Å². The van der Waals surface area contributed by atoms with Gasteiger partial charge in [0.05, 0.1) is 0 Å². The number of aromatic amines is 1. The van der Waals surface area contributed by atoms with Gasteiger partial charge in [0.2, 0.25) is 5.82 Å². The zero-order chi connectivity index (χ0) is 14.2. The average molecular weight is 277 g/mol. The summed E-state index contributed by atoms with van der Waals surface area (Å²) in [4.78, 5) is 18.7. The maximum Gasteiger partial charge on any atom is 0.291 e. The number of aromatic nitrogens is 3. The van der Waals surface area contributed by atoms with Gasteiger partial charge in [0, 0.05) is 18.0 Å². The summed E-state index contributed by atoms with van der Waals surface area (Å²) in [6, 6.07) is 0. The first-order chi connectivity index (χ1) is 9.61. The molecule has 0 aromatic carbocycles. The average Bonchev–Trinajstić information content (AvgIpc) is 2.98. The van der Waals surface area contributed by atoms with E-state index in [9.17, 15) is 4.79 Å². The smallest absolute Gasteiger partial charge is 0.291 e. The lowest BCUT2D eigenvalue weighted by Crippen LogP contribution is -2.50.